The van der Waals surface area contributed by atoms with E-state index in [9.17, 15) is 42.9 Å². The van der Waals surface area contributed by atoms with Crippen LogP contribution in [0.3, 0.4) is 0 Å². The maximum Gasteiger partial charge on any atom is 0.416 e. The summed E-state index contributed by atoms with van der Waals surface area (Å²) in [6.07, 6.45) is -4.55. The molecule has 160 valence electrons. The summed E-state index contributed by atoms with van der Waals surface area (Å²) in [6, 6.07) is 7.56. The molecule has 3 aromatic rings. The predicted octanol–water partition coefficient (Wildman–Crippen LogP) is 3.41. The zero-order valence-corrected chi connectivity index (χ0v) is 15.3. The number of nitrogen functional groups attached to an aromatic ring is 1. The van der Waals surface area contributed by atoms with E-state index in [0.29, 0.717) is 0 Å². The highest BCUT2D eigenvalue weighted by molar-refractivity contribution is 6.08. The number of rotatable bonds is 4. The highest BCUT2D eigenvalue weighted by atomic mass is 19.4. The van der Waals surface area contributed by atoms with Crippen molar-refractivity contribution in [2.45, 2.75) is 6.18 Å². The molecule has 0 amide bonds. The second kappa shape index (κ2) is 7.52. The minimum atomic E-state index is -4.55. The van der Waals surface area contributed by atoms with Crippen LogP contribution >= 0.6 is 0 Å². The smallest absolute Gasteiger partial charge is 0.416 e. The number of benzene rings is 2. The van der Waals surface area contributed by atoms with E-state index in [0.717, 1.165) is 36.4 Å². The van der Waals surface area contributed by atoms with Gasteiger partial charge in [-0.25, -0.2) is 9.59 Å². The quantitative estimate of drug-likeness (QED) is 0.422. The molecule has 3 rings (SSSR count). The minimum Gasteiger partial charge on any atom is -0.507 e. The van der Waals surface area contributed by atoms with Crippen molar-refractivity contribution in [3.8, 4) is 28.0 Å². The van der Waals surface area contributed by atoms with Gasteiger partial charge in [-0.1, -0.05) is 18.2 Å². The fraction of sp³-hybridized carbons (Fsp3) is 0.0500. The normalized spacial score (nSPS) is 11.3. The van der Waals surface area contributed by atoms with E-state index in [1.54, 1.807) is 0 Å². The number of anilines is 1. The van der Waals surface area contributed by atoms with Crippen LogP contribution in [0.15, 0.2) is 47.3 Å². The second-order valence-corrected chi connectivity index (χ2v) is 6.41. The molecule has 1 aromatic heterocycles. The number of alkyl halides is 3. The number of halogens is 3. The molecule has 8 nitrogen and oxygen atoms in total. The first kappa shape index (κ1) is 21.4. The fourth-order valence-corrected chi connectivity index (χ4v) is 3.08. The van der Waals surface area contributed by atoms with Gasteiger partial charge >= 0.3 is 18.1 Å². The third-order valence-corrected chi connectivity index (χ3v) is 4.48. The van der Waals surface area contributed by atoms with Crippen LogP contribution in [0.2, 0.25) is 0 Å². The summed E-state index contributed by atoms with van der Waals surface area (Å²) in [6.45, 7) is 0. The second-order valence-electron chi connectivity index (χ2n) is 6.41. The number of carboxylic acids is 2. The van der Waals surface area contributed by atoms with E-state index in [-0.39, 0.29) is 16.7 Å². The van der Waals surface area contributed by atoms with Crippen molar-refractivity contribution < 1.29 is 38.1 Å². The third-order valence-electron chi connectivity index (χ3n) is 4.48. The number of aromatic nitrogens is 1. The number of pyridine rings is 1. The maximum atomic E-state index is 12.8. The standard InChI is InChI=1S/C20H13F3N2O6/c21-20(22,23)10-4-1-8(2-5-10)9-3-6-12(26)11(7-9)13-14(18(28)29)16(24)25-17(27)15(13)19(30)31/h1-7,26H,(H,28,29)(H,30,31)(H3,24,25,27). The van der Waals surface area contributed by atoms with Gasteiger partial charge in [0.2, 0.25) is 0 Å². The number of hydrogen-bond donors (Lipinski definition) is 5. The third kappa shape index (κ3) is 3.92. The Hall–Kier alpha value is -4.28. The lowest BCUT2D eigenvalue weighted by atomic mass is 9.92. The summed E-state index contributed by atoms with van der Waals surface area (Å²) >= 11 is 0. The molecule has 2 aromatic carbocycles. The first-order valence-electron chi connectivity index (χ1n) is 8.45. The van der Waals surface area contributed by atoms with Crippen molar-refractivity contribution in [1.82, 2.24) is 4.98 Å². The Kier molecular flexibility index (Phi) is 5.20. The number of aromatic hydroxyl groups is 1. The largest absolute Gasteiger partial charge is 0.507 e. The number of carbonyl (C=O) groups is 2. The molecule has 0 unspecified atom stereocenters. The number of nitrogens with two attached hydrogens (primary N) is 1. The van der Waals surface area contributed by atoms with Gasteiger partial charge in [0, 0.05) is 11.1 Å². The molecule has 1 heterocycles. The van der Waals surface area contributed by atoms with Crippen molar-refractivity contribution in [2.24, 2.45) is 0 Å². The molecule has 0 radical (unpaired) electrons. The minimum absolute atomic E-state index is 0.230. The van der Waals surface area contributed by atoms with Crippen molar-refractivity contribution in [1.29, 1.82) is 0 Å². The highest BCUT2D eigenvalue weighted by Crippen LogP contribution is 2.38. The number of phenolic OH excluding ortho intramolecular Hbond substituents is 1. The van der Waals surface area contributed by atoms with Gasteiger partial charge in [-0.15, -0.1) is 0 Å². The number of carboxylic acid groups (broad SMARTS) is 2. The Bertz CT molecular complexity index is 1260. The molecular weight excluding hydrogens is 421 g/mol. The molecule has 0 saturated heterocycles. The van der Waals surface area contributed by atoms with Gasteiger partial charge in [0.15, 0.2) is 0 Å². The Labute approximate surface area is 171 Å². The van der Waals surface area contributed by atoms with Crippen molar-refractivity contribution in [2.75, 3.05) is 5.73 Å². The van der Waals surface area contributed by atoms with Gasteiger partial charge in [0.25, 0.3) is 5.56 Å². The molecule has 0 spiro atoms. The first-order valence-corrected chi connectivity index (χ1v) is 8.45. The summed E-state index contributed by atoms with van der Waals surface area (Å²) in [5, 5.41) is 29.2. The average molecular weight is 434 g/mol. The molecular formula is C20H13F3N2O6. The van der Waals surface area contributed by atoms with Gasteiger partial charge in [-0.05, 0) is 35.4 Å². The molecule has 0 fully saturated rings. The molecule has 6 N–H and O–H groups in total. The fourth-order valence-electron chi connectivity index (χ4n) is 3.08. The van der Waals surface area contributed by atoms with E-state index in [2.05, 4.69) is 0 Å². The topological polar surface area (TPSA) is 154 Å². The summed E-state index contributed by atoms with van der Waals surface area (Å²) in [5.74, 6) is -4.62. The molecule has 0 bridgehead atoms. The predicted molar refractivity (Wildman–Crippen MR) is 103 cm³/mol. The Morgan fingerprint density at radius 1 is 0.903 bits per heavy atom. The van der Waals surface area contributed by atoms with Crippen LogP contribution in [0.1, 0.15) is 26.3 Å². The van der Waals surface area contributed by atoms with E-state index in [1.165, 1.54) is 6.07 Å². The lowest BCUT2D eigenvalue weighted by Gasteiger charge is -2.15. The van der Waals surface area contributed by atoms with Gasteiger partial charge in [-0.2, -0.15) is 13.2 Å². The van der Waals surface area contributed by atoms with Crippen LogP contribution in [0.5, 0.6) is 5.75 Å². The maximum absolute atomic E-state index is 12.8. The average Bonchev–Trinajstić information content (AvgIpc) is 2.66. The van der Waals surface area contributed by atoms with Gasteiger partial charge in [0.1, 0.15) is 22.7 Å². The molecule has 0 aliphatic rings. The SMILES string of the molecule is Nc1[nH]c(=O)c(C(=O)O)c(-c2cc(-c3ccc(C(F)(F)F)cc3)ccc2O)c1C(=O)O. The summed E-state index contributed by atoms with van der Waals surface area (Å²) in [4.78, 5) is 37.5. The van der Waals surface area contributed by atoms with E-state index >= 15 is 0 Å². The lowest BCUT2D eigenvalue weighted by Crippen LogP contribution is -2.24. The summed E-state index contributed by atoms with van der Waals surface area (Å²) in [7, 11) is 0. The van der Waals surface area contributed by atoms with E-state index in [1.807, 2.05) is 4.98 Å². The van der Waals surface area contributed by atoms with Crippen molar-refractivity contribution >= 4 is 17.8 Å². The Morgan fingerprint density at radius 2 is 1.45 bits per heavy atom. The van der Waals surface area contributed by atoms with Gasteiger partial charge in [-0.3, -0.25) is 4.79 Å². The van der Waals surface area contributed by atoms with Crippen LogP contribution < -0.4 is 11.3 Å². The van der Waals surface area contributed by atoms with Crippen LogP contribution in [-0.4, -0.2) is 32.2 Å². The molecule has 11 heteroatoms. The van der Waals surface area contributed by atoms with Gasteiger partial charge < -0.3 is 26.0 Å². The number of nitrogens with one attached hydrogen (secondary N) is 1. The van der Waals surface area contributed by atoms with Crippen molar-refractivity contribution in [3.05, 3.63) is 69.5 Å². The number of aromatic amines is 1. The first-order chi connectivity index (χ1) is 14.4. The van der Waals surface area contributed by atoms with Crippen molar-refractivity contribution in [3.63, 3.8) is 0 Å². The lowest BCUT2D eigenvalue weighted by molar-refractivity contribution is -0.137. The van der Waals surface area contributed by atoms with Gasteiger partial charge in [0.05, 0.1) is 5.56 Å². The molecule has 0 aliphatic heterocycles. The Balaban J connectivity index is 2.30. The zero-order valence-electron chi connectivity index (χ0n) is 15.3. The monoisotopic (exact) mass is 434 g/mol. The zero-order chi connectivity index (χ0) is 23.1. The molecule has 0 atom stereocenters. The van der Waals surface area contributed by atoms with E-state index < -0.39 is 57.5 Å². The molecule has 0 aliphatic carbocycles. The van der Waals surface area contributed by atoms with E-state index in [4.69, 9.17) is 5.73 Å². The number of hydrogen-bond acceptors (Lipinski definition) is 5. The van der Waals surface area contributed by atoms with Crippen LogP contribution in [0, 0.1) is 0 Å². The highest BCUT2D eigenvalue weighted by Gasteiger charge is 2.30. The van der Waals surface area contributed by atoms with Crippen LogP contribution in [-0.2, 0) is 6.18 Å². The number of H-pyrrole nitrogens is 1. The summed E-state index contributed by atoms with van der Waals surface area (Å²) in [5.41, 5.74) is 1.29. The molecule has 0 saturated carbocycles. The number of aromatic carboxylic acids is 2. The van der Waals surface area contributed by atoms with Crippen LogP contribution in [0.25, 0.3) is 22.3 Å². The van der Waals surface area contributed by atoms with Crippen LogP contribution in [0.4, 0.5) is 19.0 Å². The Morgan fingerprint density at radius 3 is 1.97 bits per heavy atom. The number of phenols is 1. The summed E-state index contributed by atoms with van der Waals surface area (Å²) < 4.78 is 38.4. The molecule has 31 heavy (non-hydrogen) atoms.